The largest absolute Gasteiger partial charge is 0.469 e. The summed E-state index contributed by atoms with van der Waals surface area (Å²) in [5.41, 5.74) is 0.304. The van der Waals surface area contributed by atoms with Gasteiger partial charge in [-0.25, -0.2) is 0 Å². The molecule has 2 aromatic rings. The van der Waals surface area contributed by atoms with Crippen molar-refractivity contribution in [2.75, 3.05) is 7.11 Å². The Hall–Kier alpha value is -1.08. The van der Waals surface area contributed by atoms with E-state index in [2.05, 4.69) is 10.1 Å². The number of ether oxygens (including phenoxy) is 1. The number of esters is 1. The van der Waals surface area contributed by atoms with E-state index in [1.165, 1.54) is 24.5 Å². The maximum Gasteiger partial charge on any atom is 0.307 e. The monoisotopic (exact) mass is 363 g/mol. The highest BCUT2D eigenvalue weighted by Crippen LogP contribution is 2.32. The third kappa shape index (κ3) is 4.20. The van der Waals surface area contributed by atoms with E-state index in [1.54, 1.807) is 0 Å². The molecule has 0 radical (unpaired) electrons. The molecule has 0 aliphatic rings. The Bertz CT molecular complexity index is 640. The molecule has 0 aliphatic heterocycles. The van der Waals surface area contributed by atoms with Crippen LogP contribution in [0.15, 0.2) is 23.6 Å². The van der Waals surface area contributed by atoms with Gasteiger partial charge in [-0.15, -0.1) is 22.7 Å². The summed E-state index contributed by atoms with van der Waals surface area (Å²) in [5, 5.41) is 4.66. The van der Waals surface area contributed by atoms with Crippen LogP contribution < -0.4 is 5.32 Å². The van der Waals surface area contributed by atoms with Crippen LogP contribution in [0.2, 0.25) is 8.67 Å². The molecule has 21 heavy (non-hydrogen) atoms. The topological polar surface area (TPSA) is 55.4 Å². The second-order valence-electron chi connectivity index (χ2n) is 4.06. The van der Waals surface area contributed by atoms with Crippen molar-refractivity contribution in [3.8, 4) is 0 Å². The summed E-state index contributed by atoms with van der Waals surface area (Å²) in [6, 6.07) is 4.75. The molecule has 112 valence electrons. The van der Waals surface area contributed by atoms with E-state index in [1.807, 2.05) is 17.5 Å². The van der Waals surface area contributed by atoms with Crippen molar-refractivity contribution in [3.05, 3.63) is 42.7 Å². The lowest BCUT2D eigenvalue weighted by atomic mass is 10.1. The Kier molecular flexibility index (Phi) is 5.64. The fourth-order valence-corrected chi connectivity index (χ4v) is 3.93. The normalized spacial score (nSPS) is 12.0. The number of hydrogen-bond donors (Lipinski definition) is 1. The summed E-state index contributed by atoms with van der Waals surface area (Å²) >= 11 is 14.4. The highest BCUT2D eigenvalue weighted by Gasteiger charge is 2.22. The molecule has 0 aliphatic carbocycles. The Morgan fingerprint density at radius 3 is 2.71 bits per heavy atom. The molecule has 1 unspecified atom stereocenters. The SMILES string of the molecule is COC(=O)CC(NC(=O)c1cc(Cl)sc1Cl)c1cccs1. The molecular formula is C13H11Cl2NO3S2. The first kappa shape index (κ1) is 16.3. The summed E-state index contributed by atoms with van der Waals surface area (Å²) < 4.78 is 5.42. The minimum atomic E-state index is -0.459. The quantitative estimate of drug-likeness (QED) is 0.811. The van der Waals surface area contributed by atoms with Crippen molar-refractivity contribution < 1.29 is 14.3 Å². The average Bonchev–Trinajstić information content (AvgIpc) is 3.07. The molecule has 0 aromatic carbocycles. The van der Waals surface area contributed by atoms with Gasteiger partial charge in [0.15, 0.2) is 0 Å². The Morgan fingerprint density at radius 2 is 2.19 bits per heavy atom. The molecule has 1 atom stereocenters. The van der Waals surface area contributed by atoms with Crippen LogP contribution in [-0.4, -0.2) is 19.0 Å². The summed E-state index contributed by atoms with van der Waals surface area (Å²) in [4.78, 5) is 24.6. The van der Waals surface area contributed by atoms with Gasteiger partial charge in [0.1, 0.15) is 4.34 Å². The van der Waals surface area contributed by atoms with Gasteiger partial charge in [-0.1, -0.05) is 29.3 Å². The number of methoxy groups -OCH3 is 1. The average molecular weight is 364 g/mol. The number of halogens is 2. The van der Waals surface area contributed by atoms with Gasteiger partial charge in [-0.2, -0.15) is 0 Å². The molecule has 2 heterocycles. The number of nitrogens with one attached hydrogen (secondary N) is 1. The first-order valence-corrected chi connectivity index (χ1v) is 8.32. The van der Waals surface area contributed by atoms with E-state index < -0.39 is 12.0 Å². The highest BCUT2D eigenvalue weighted by molar-refractivity contribution is 7.20. The summed E-state index contributed by atoms with van der Waals surface area (Å²) in [6.45, 7) is 0. The standard InChI is InChI=1S/C13H11Cl2NO3S2/c1-19-11(17)6-8(9-3-2-4-20-9)16-13(18)7-5-10(14)21-12(7)15/h2-5,8H,6H2,1H3,(H,16,18). The lowest BCUT2D eigenvalue weighted by molar-refractivity contribution is -0.141. The molecule has 2 aromatic heterocycles. The van der Waals surface area contributed by atoms with Gasteiger partial charge >= 0.3 is 5.97 Å². The first-order chi connectivity index (χ1) is 10.0. The van der Waals surface area contributed by atoms with Crippen LogP contribution in [0.3, 0.4) is 0 Å². The van der Waals surface area contributed by atoms with Crippen LogP contribution in [0, 0.1) is 0 Å². The maximum atomic E-state index is 12.3. The fourth-order valence-electron chi connectivity index (χ4n) is 1.69. The lowest BCUT2D eigenvalue weighted by Gasteiger charge is -2.16. The molecule has 0 saturated heterocycles. The van der Waals surface area contributed by atoms with Crippen LogP contribution in [0.4, 0.5) is 0 Å². The van der Waals surface area contributed by atoms with Crippen LogP contribution in [0.1, 0.15) is 27.7 Å². The Morgan fingerprint density at radius 1 is 1.43 bits per heavy atom. The van der Waals surface area contributed by atoms with Gasteiger partial charge in [0.2, 0.25) is 0 Å². The summed E-state index contributed by atoms with van der Waals surface area (Å²) in [6.07, 6.45) is 0.0538. The van der Waals surface area contributed by atoms with Gasteiger partial charge in [0.05, 0.1) is 29.5 Å². The van der Waals surface area contributed by atoms with Gasteiger partial charge in [0.25, 0.3) is 5.91 Å². The van der Waals surface area contributed by atoms with Gasteiger partial charge in [0, 0.05) is 4.88 Å². The molecule has 2 rings (SSSR count). The number of thiophene rings is 2. The first-order valence-electron chi connectivity index (χ1n) is 5.87. The predicted molar refractivity (Wildman–Crippen MR) is 85.5 cm³/mol. The van der Waals surface area contributed by atoms with Gasteiger partial charge < -0.3 is 10.1 Å². The van der Waals surface area contributed by atoms with E-state index in [-0.39, 0.29) is 12.3 Å². The van der Waals surface area contributed by atoms with Crippen molar-refractivity contribution in [1.29, 1.82) is 0 Å². The second kappa shape index (κ2) is 7.26. The second-order valence-corrected chi connectivity index (χ2v) is 7.32. The fraction of sp³-hybridized carbons (Fsp3) is 0.231. The van der Waals surface area contributed by atoms with Crippen molar-refractivity contribution in [2.45, 2.75) is 12.5 Å². The third-order valence-corrected chi connectivity index (χ3v) is 5.17. The minimum Gasteiger partial charge on any atom is -0.469 e. The van der Waals surface area contributed by atoms with Gasteiger partial charge in [-0.3, -0.25) is 9.59 Å². The van der Waals surface area contributed by atoms with Crippen LogP contribution >= 0.6 is 45.9 Å². The van der Waals surface area contributed by atoms with E-state index in [0.29, 0.717) is 14.2 Å². The smallest absolute Gasteiger partial charge is 0.307 e. The number of amides is 1. The highest BCUT2D eigenvalue weighted by atomic mass is 35.5. The Balaban J connectivity index is 2.17. The van der Waals surface area contributed by atoms with Gasteiger partial charge in [-0.05, 0) is 17.5 Å². The van der Waals surface area contributed by atoms with Crippen molar-refractivity contribution in [3.63, 3.8) is 0 Å². The maximum absolute atomic E-state index is 12.3. The molecule has 1 amide bonds. The predicted octanol–water partition coefficient (Wildman–Crippen LogP) is 4.15. The molecular weight excluding hydrogens is 353 g/mol. The number of carbonyl (C=O) groups is 2. The van der Waals surface area contributed by atoms with E-state index in [9.17, 15) is 9.59 Å². The molecule has 1 N–H and O–H groups in total. The minimum absolute atomic E-state index is 0.0538. The van der Waals surface area contributed by atoms with E-state index in [4.69, 9.17) is 23.2 Å². The third-order valence-electron chi connectivity index (χ3n) is 2.69. The summed E-state index contributed by atoms with van der Waals surface area (Å²) in [7, 11) is 1.31. The van der Waals surface area contributed by atoms with Crippen LogP contribution in [-0.2, 0) is 9.53 Å². The van der Waals surface area contributed by atoms with Crippen LogP contribution in [0.5, 0.6) is 0 Å². The number of rotatable bonds is 5. The van der Waals surface area contributed by atoms with Crippen molar-refractivity contribution in [2.24, 2.45) is 0 Å². The zero-order valence-corrected chi connectivity index (χ0v) is 14.0. The molecule has 8 heteroatoms. The van der Waals surface area contributed by atoms with Crippen molar-refractivity contribution >= 4 is 57.8 Å². The molecule has 0 fully saturated rings. The van der Waals surface area contributed by atoms with E-state index in [0.717, 1.165) is 16.2 Å². The zero-order chi connectivity index (χ0) is 15.4. The number of carbonyl (C=O) groups excluding carboxylic acids is 2. The molecule has 0 spiro atoms. The molecule has 4 nitrogen and oxygen atoms in total. The Labute approximate surface area is 139 Å². The van der Waals surface area contributed by atoms with E-state index >= 15 is 0 Å². The molecule has 0 bridgehead atoms. The summed E-state index contributed by atoms with van der Waals surface area (Å²) in [5.74, 6) is -0.770. The van der Waals surface area contributed by atoms with Crippen LogP contribution in [0.25, 0.3) is 0 Å². The number of hydrogen-bond acceptors (Lipinski definition) is 5. The zero-order valence-electron chi connectivity index (χ0n) is 10.9. The van der Waals surface area contributed by atoms with Crippen molar-refractivity contribution in [1.82, 2.24) is 5.32 Å². The lowest BCUT2D eigenvalue weighted by Crippen LogP contribution is -2.29. The molecule has 0 saturated carbocycles.